The smallest absolute Gasteiger partial charge is 0.288 e. The van der Waals surface area contributed by atoms with Gasteiger partial charge in [-0.05, 0) is 12.8 Å². The topological polar surface area (TPSA) is 83.6 Å². The van der Waals surface area contributed by atoms with Gasteiger partial charge in [0.1, 0.15) is 0 Å². The Morgan fingerprint density at radius 3 is 2.63 bits per heavy atom. The second kappa shape index (κ2) is 7.93. The lowest BCUT2D eigenvalue weighted by Crippen LogP contribution is -2.30. The van der Waals surface area contributed by atoms with Gasteiger partial charge in [0.05, 0.1) is 12.3 Å². The van der Waals surface area contributed by atoms with E-state index in [2.05, 4.69) is 5.32 Å². The minimum Gasteiger partial charge on any atom is -0.349 e. The van der Waals surface area contributed by atoms with Gasteiger partial charge in [0.2, 0.25) is 11.8 Å². The molecule has 1 fully saturated rings. The highest BCUT2D eigenvalue weighted by Gasteiger charge is 2.28. The Morgan fingerprint density at radius 2 is 2.05 bits per heavy atom. The van der Waals surface area contributed by atoms with Crippen LogP contribution >= 0.6 is 11.8 Å². The summed E-state index contributed by atoms with van der Waals surface area (Å²) in [6.07, 6.45) is 1.92. The maximum atomic E-state index is 11.4. The Morgan fingerprint density at radius 1 is 1.32 bits per heavy atom. The third kappa shape index (κ3) is 5.42. The van der Waals surface area contributed by atoms with Crippen molar-refractivity contribution in [3.05, 3.63) is 0 Å². The Kier molecular flexibility index (Phi) is 6.55. The number of thioether (sulfide) groups is 1. The van der Waals surface area contributed by atoms with Crippen molar-refractivity contribution in [2.75, 3.05) is 18.8 Å². The largest absolute Gasteiger partial charge is 0.349 e. The van der Waals surface area contributed by atoms with Crippen LogP contribution in [0.3, 0.4) is 0 Å². The van der Waals surface area contributed by atoms with Gasteiger partial charge in [0.15, 0.2) is 5.78 Å². The SMILES string of the molecule is CCC(=O)CNC(=O)CCCCN1C(=O)CSC1=O. The number of unbranched alkanes of at least 4 members (excludes halogenated alkanes) is 1. The number of carbonyl (C=O) groups is 4. The average molecular weight is 286 g/mol. The number of ketones is 1. The molecule has 0 bridgehead atoms. The van der Waals surface area contributed by atoms with Crippen LogP contribution in [0.25, 0.3) is 0 Å². The van der Waals surface area contributed by atoms with Crippen molar-refractivity contribution in [3.8, 4) is 0 Å². The van der Waals surface area contributed by atoms with Gasteiger partial charge >= 0.3 is 0 Å². The molecule has 0 radical (unpaired) electrons. The molecule has 1 heterocycles. The van der Waals surface area contributed by atoms with Crippen molar-refractivity contribution in [3.63, 3.8) is 0 Å². The van der Waals surface area contributed by atoms with Gasteiger partial charge in [-0.2, -0.15) is 0 Å². The maximum absolute atomic E-state index is 11.4. The third-order valence-electron chi connectivity index (χ3n) is 2.75. The molecular weight excluding hydrogens is 268 g/mol. The highest BCUT2D eigenvalue weighted by molar-refractivity contribution is 8.14. The van der Waals surface area contributed by atoms with Gasteiger partial charge in [-0.25, -0.2) is 0 Å². The van der Waals surface area contributed by atoms with Gasteiger partial charge < -0.3 is 5.32 Å². The lowest BCUT2D eigenvalue weighted by Gasteiger charge is -2.11. The molecule has 0 unspecified atom stereocenters. The normalized spacial score (nSPS) is 14.9. The van der Waals surface area contributed by atoms with E-state index in [-0.39, 0.29) is 35.1 Å². The minimum atomic E-state index is -0.206. The summed E-state index contributed by atoms with van der Waals surface area (Å²) in [5, 5.41) is 2.33. The standard InChI is InChI=1S/C12H18N2O4S/c1-2-9(15)7-13-10(16)5-3-4-6-14-11(17)8-19-12(14)18/h2-8H2,1H3,(H,13,16). The van der Waals surface area contributed by atoms with Crippen LogP contribution in [0.1, 0.15) is 32.6 Å². The van der Waals surface area contributed by atoms with Crippen molar-refractivity contribution in [2.24, 2.45) is 0 Å². The van der Waals surface area contributed by atoms with Crippen LogP contribution in [0.2, 0.25) is 0 Å². The highest BCUT2D eigenvalue weighted by Crippen LogP contribution is 2.19. The first-order valence-electron chi connectivity index (χ1n) is 6.30. The molecule has 0 saturated carbocycles. The molecule has 1 rings (SSSR count). The fraction of sp³-hybridized carbons (Fsp3) is 0.667. The quantitative estimate of drug-likeness (QED) is 0.672. The third-order valence-corrected chi connectivity index (χ3v) is 3.61. The Labute approximate surface area is 116 Å². The Balaban J connectivity index is 2.10. The number of nitrogens with one attached hydrogen (secondary N) is 1. The first-order chi connectivity index (χ1) is 9.04. The molecule has 0 aromatic carbocycles. The molecule has 1 saturated heterocycles. The average Bonchev–Trinajstić information content (AvgIpc) is 2.71. The number of hydrogen-bond donors (Lipinski definition) is 1. The molecular formula is C12H18N2O4S. The van der Waals surface area contributed by atoms with Crippen molar-refractivity contribution in [2.45, 2.75) is 32.6 Å². The molecule has 0 aliphatic carbocycles. The molecule has 19 heavy (non-hydrogen) atoms. The molecule has 1 aliphatic rings. The first-order valence-corrected chi connectivity index (χ1v) is 7.28. The molecule has 0 aromatic rings. The van der Waals surface area contributed by atoms with Gasteiger partial charge in [-0.15, -0.1) is 0 Å². The number of Topliss-reactive ketones (excluding diaryl/α,β-unsaturated/α-hetero) is 1. The molecule has 0 spiro atoms. The van der Waals surface area contributed by atoms with Crippen molar-refractivity contribution >= 4 is 34.6 Å². The Bertz CT molecular complexity index is 368. The van der Waals surface area contributed by atoms with Crippen LogP contribution in [-0.4, -0.2) is 46.6 Å². The molecule has 7 heteroatoms. The fourth-order valence-corrected chi connectivity index (χ4v) is 2.31. The van der Waals surface area contributed by atoms with Gasteiger partial charge in [-0.3, -0.25) is 24.1 Å². The molecule has 0 aromatic heterocycles. The van der Waals surface area contributed by atoms with Gasteiger partial charge in [0, 0.05) is 19.4 Å². The fourth-order valence-electron chi connectivity index (χ4n) is 1.56. The van der Waals surface area contributed by atoms with E-state index in [0.29, 0.717) is 32.2 Å². The molecule has 1 aliphatic heterocycles. The molecule has 106 valence electrons. The van der Waals surface area contributed by atoms with Crippen LogP contribution in [0, 0.1) is 0 Å². The van der Waals surface area contributed by atoms with E-state index < -0.39 is 0 Å². The van der Waals surface area contributed by atoms with Gasteiger partial charge in [-0.1, -0.05) is 18.7 Å². The summed E-state index contributed by atoms with van der Waals surface area (Å²) in [6.45, 7) is 2.19. The summed E-state index contributed by atoms with van der Waals surface area (Å²) in [5.41, 5.74) is 0. The number of nitrogens with zero attached hydrogens (tertiary/aromatic N) is 1. The number of carbonyl (C=O) groups excluding carboxylic acids is 4. The van der Waals surface area contributed by atoms with E-state index in [1.54, 1.807) is 6.92 Å². The summed E-state index contributed by atoms with van der Waals surface area (Å²) in [4.78, 5) is 46.2. The van der Waals surface area contributed by atoms with Crippen molar-refractivity contribution < 1.29 is 19.2 Å². The summed E-state index contributed by atoms with van der Waals surface area (Å²) in [7, 11) is 0. The number of imide groups is 1. The zero-order chi connectivity index (χ0) is 14.3. The van der Waals surface area contributed by atoms with Crippen LogP contribution in [0.15, 0.2) is 0 Å². The monoisotopic (exact) mass is 286 g/mol. The summed E-state index contributed by atoms with van der Waals surface area (Å²) >= 11 is 1.01. The number of amides is 3. The van der Waals surface area contributed by atoms with Crippen LogP contribution in [0.4, 0.5) is 4.79 Å². The predicted molar refractivity (Wildman–Crippen MR) is 71.7 cm³/mol. The van der Waals surface area contributed by atoms with E-state index in [1.165, 1.54) is 4.90 Å². The van der Waals surface area contributed by atoms with E-state index in [4.69, 9.17) is 0 Å². The minimum absolute atomic E-state index is 0.00126. The van der Waals surface area contributed by atoms with E-state index >= 15 is 0 Å². The van der Waals surface area contributed by atoms with E-state index in [9.17, 15) is 19.2 Å². The first kappa shape index (κ1) is 15.7. The zero-order valence-electron chi connectivity index (χ0n) is 10.9. The van der Waals surface area contributed by atoms with Crippen molar-refractivity contribution in [1.82, 2.24) is 10.2 Å². The van der Waals surface area contributed by atoms with Gasteiger partial charge in [0.25, 0.3) is 5.24 Å². The second-order valence-corrected chi connectivity index (χ2v) is 5.15. The molecule has 3 amide bonds. The van der Waals surface area contributed by atoms with E-state index in [1.807, 2.05) is 0 Å². The molecule has 1 N–H and O–H groups in total. The number of hydrogen-bond acceptors (Lipinski definition) is 5. The summed E-state index contributed by atoms with van der Waals surface area (Å²) in [6, 6.07) is 0. The van der Waals surface area contributed by atoms with Crippen molar-refractivity contribution in [1.29, 1.82) is 0 Å². The maximum Gasteiger partial charge on any atom is 0.288 e. The van der Waals surface area contributed by atoms with Crippen LogP contribution < -0.4 is 5.32 Å². The molecule has 0 atom stereocenters. The summed E-state index contributed by atoms with van der Waals surface area (Å²) < 4.78 is 0. The lowest BCUT2D eigenvalue weighted by molar-refractivity contribution is -0.125. The number of rotatable bonds is 8. The Hall–Kier alpha value is -1.37. The highest BCUT2D eigenvalue weighted by atomic mass is 32.2. The lowest BCUT2D eigenvalue weighted by atomic mass is 10.2. The van der Waals surface area contributed by atoms with Crippen LogP contribution in [-0.2, 0) is 14.4 Å². The second-order valence-electron chi connectivity index (χ2n) is 4.23. The molecule has 6 nitrogen and oxygen atoms in total. The zero-order valence-corrected chi connectivity index (χ0v) is 11.8. The summed E-state index contributed by atoms with van der Waals surface area (Å²) in [5.74, 6) is -0.111. The van der Waals surface area contributed by atoms with E-state index in [0.717, 1.165) is 11.8 Å². The predicted octanol–water partition coefficient (Wildman–Crippen LogP) is 0.947. The van der Waals surface area contributed by atoms with Crippen LogP contribution in [0.5, 0.6) is 0 Å².